The molecule has 110 valence electrons. The molecule has 3 heterocycles. The summed E-state index contributed by atoms with van der Waals surface area (Å²) in [5.74, 6) is 0. The van der Waals surface area contributed by atoms with Crippen LogP contribution < -0.4 is 4.90 Å². The fraction of sp³-hybridized carbons (Fsp3) is 0.188. The number of thiazole rings is 1. The molecule has 1 fully saturated rings. The van der Waals surface area contributed by atoms with Gasteiger partial charge in [0.25, 0.3) is 0 Å². The largest absolute Gasteiger partial charge is 0.447 e. The van der Waals surface area contributed by atoms with Gasteiger partial charge in [0.2, 0.25) is 0 Å². The molecule has 1 amide bonds. The molecule has 1 aromatic carbocycles. The Bertz CT molecular complexity index is 861. The zero-order valence-electron chi connectivity index (χ0n) is 11.9. The number of carbonyl (C=O) groups is 1. The molecule has 2 aromatic heterocycles. The number of aryl methyl sites for hydroxylation is 1. The molecule has 0 radical (unpaired) electrons. The highest BCUT2D eigenvalue weighted by molar-refractivity contribution is 7.13. The van der Waals surface area contributed by atoms with Crippen molar-refractivity contribution in [1.29, 1.82) is 0 Å². The number of cyclic esters (lactones) is 1. The number of benzene rings is 1. The number of rotatable bonds is 2. The van der Waals surface area contributed by atoms with Crippen LogP contribution in [0.2, 0.25) is 0 Å². The minimum absolute atomic E-state index is 0.297. The number of aromatic nitrogens is 2. The predicted molar refractivity (Wildman–Crippen MR) is 86.3 cm³/mol. The highest BCUT2D eigenvalue weighted by Crippen LogP contribution is 2.29. The number of nitrogens with zero attached hydrogens (tertiary/aromatic N) is 3. The van der Waals surface area contributed by atoms with E-state index in [0.717, 1.165) is 32.7 Å². The van der Waals surface area contributed by atoms with Crippen molar-refractivity contribution < 1.29 is 9.53 Å². The van der Waals surface area contributed by atoms with Crippen molar-refractivity contribution in [1.82, 2.24) is 9.97 Å². The van der Waals surface area contributed by atoms with E-state index in [4.69, 9.17) is 9.72 Å². The molecule has 1 saturated heterocycles. The number of pyridine rings is 1. The fourth-order valence-corrected chi connectivity index (χ4v) is 3.24. The Morgan fingerprint density at radius 3 is 2.95 bits per heavy atom. The van der Waals surface area contributed by atoms with E-state index in [0.29, 0.717) is 13.2 Å². The topological polar surface area (TPSA) is 55.3 Å². The molecule has 3 aromatic rings. The summed E-state index contributed by atoms with van der Waals surface area (Å²) in [5.41, 5.74) is 5.56. The van der Waals surface area contributed by atoms with Gasteiger partial charge in [0.05, 0.1) is 28.1 Å². The van der Waals surface area contributed by atoms with Gasteiger partial charge in [-0.05, 0) is 30.7 Å². The molecule has 1 aliphatic heterocycles. The second kappa shape index (κ2) is 5.06. The molecule has 0 atom stereocenters. The minimum Gasteiger partial charge on any atom is -0.447 e. The third-order valence-corrected chi connectivity index (χ3v) is 4.55. The summed E-state index contributed by atoms with van der Waals surface area (Å²) in [7, 11) is 0. The highest BCUT2D eigenvalue weighted by Gasteiger charge is 2.23. The first-order chi connectivity index (χ1) is 10.7. The SMILES string of the molecule is Cc1cc(-c2cncs2)nc2cc(N3CCOC3=O)ccc12. The van der Waals surface area contributed by atoms with Crippen LogP contribution in [0.1, 0.15) is 5.56 Å². The van der Waals surface area contributed by atoms with Crippen LogP contribution in [0, 0.1) is 6.92 Å². The summed E-state index contributed by atoms with van der Waals surface area (Å²) in [4.78, 5) is 23.2. The van der Waals surface area contributed by atoms with Gasteiger partial charge in [-0.2, -0.15) is 0 Å². The number of carbonyl (C=O) groups excluding carboxylic acids is 1. The Balaban J connectivity index is 1.85. The molecule has 0 saturated carbocycles. The summed E-state index contributed by atoms with van der Waals surface area (Å²) in [5, 5.41) is 1.09. The molecule has 0 N–H and O–H groups in total. The first-order valence-corrected chi connectivity index (χ1v) is 7.85. The summed E-state index contributed by atoms with van der Waals surface area (Å²) in [6.45, 7) is 3.08. The van der Waals surface area contributed by atoms with E-state index in [-0.39, 0.29) is 6.09 Å². The van der Waals surface area contributed by atoms with Crippen LogP contribution in [0.4, 0.5) is 10.5 Å². The number of hydrogen-bond acceptors (Lipinski definition) is 5. The van der Waals surface area contributed by atoms with Crippen molar-refractivity contribution in [3.8, 4) is 10.6 Å². The summed E-state index contributed by atoms with van der Waals surface area (Å²) in [6.07, 6.45) is 1.52. The van der Waals surface area contributed by atoms with Gasteiger partial charge in [-0.25, -0.2) is 9.78 Å². The van der Waals surface area contributed by atoms with E-state index >= 15 is 0 Å². The van der Waals surface area contributed by atoms with Crippen molar-refractivity contribution in [2.75, 3.05) is 18.1 Å². The number of amides is 1. The third-order valence-electron chi connectivity index (χ3n) is 3.76. The van der Waals surface area contributed by atoms with Gasteiger partial charge in [0.1, 0.15) is 6.61 Å². The maximum Gasteiger partial charge on any atom is 0.414 e. The van der Waals surface area contributed by atoms with Crippen molar-refractivity contribution >= 4 is 34.0 Å². The van der Waals surface area contributed by atoms with E-state index in [1.165, 1.54) is 0 Å². The van der Waals surface area contributed by atoms with Gasteiger partial charge in [-0.3, -0.25) is 9.88 Å². The molecule has 5 nitrogen and oxygen atoms in total. The number of fused-ring (bicyclic) bond motifs is 1. The normalized spacial score (nSPS) is 14.6. The van der Waals surface area contributed by atoms with E-state index in [1.807, 2.05) is 24.4 Å². The van der Waals surface area contributed by atoms with Crippen LogP contribution in [0.15, 0.2) is 36.0 Å². The lowest BCUT2D eigenvalue weighted by atomic mass is 10.1. The van der Waals surface area contributed by atoms with Crippen LogP contribution in [0.5, 0.6) is 0 Å². The van der Waals surface area contributed by atoms with Gasteiger partial charge in [-0.15, -0.1) is 11.3 Å². The van der Waals surface area contributed by atoms with Crippen LogP contribution in [0.25, 0.3) is 21.5 Å². The van der Waals surface area contributed by atoms with E-state index < -0.39 is 0 Å². The standard InChI is InChI=1S/C16H13N3O2S/c1-10-6-14(15-8-17-9-22-15)18-13-7-11(2-3-12(10)13)19-4-5-21-16(19)20/h2-3,6-9H,4-5H2,1H3. The van der Waals surface area contributed by atoms with Gasteiger partial charge in [-0.1, -0.05) is 6.07 Å². The van der Waals surface area contributed by atoms with Crippen LogP contribution >= 0.6 is 11.3 Å². The van der Waals surface area contributed by atoms with Crippen molar-refractivity contribution in [3.63, 3.8) is 0 Å². The Hall–Kier alpha value is -2.47. The highest BCUT2D eigenvalue weighted by atomic mass is 32.1. The van der Waals surface area contributed by atoms with Crippen molar-refractivity contribution in [2.24, 2.45) is 0 Å². The summed E-state index contributed by atoms with van der Waals surface area (Å²) < 4.78 is 5.00. The Morgan fingerprint density at radius 1 is 1.32 bits per heavy atom. The average molecular weight is 311 g/mol. The average Bonchev–Trinajstić information content (AvgIpc) is 3.17. The zero-order valence-corrected chi connectivity index (χ0v) is 12.8. The van der Waals surface area contributed by atoms with Gasteiger partial charge in [0.15, 0.2) is 0 Å². The van der Waals surface area contributed by atoms with Crippen molar-refractivity contribution in [2.45, 2.75) is 6.92 Å². The molecule has 0 bridgehead atoms. The first kappa shape index (κ1) is 13.2. The maximum atomic E-state index is 11.7. The number of hydrogen-bond donors (Lipinski definition) is 0. The lowest BCUT2D eigenvalue weighted by Crippen LogP contribution is -2.23. The number of ether oxygens (including phenoxy) is 1. The first-order valence-electron chi connectivity index (χ1n) is 6.97. The minimum atomic E-state index is -0.297. The second-order valence-corrected chi connectivity index (χ2v) is 6.04. The molecule has 1 aliphatic rings. The quantitative estimate of drug-likeness (QED) is 0.725. The Labute approximate surface area is 131 Å². The maximum absolute atomic E-state index is 11.7. The van der Waals surface area contributed by atoms with E-state index in [2.05, 4.69) is 18.0 Å². The second-order valence-electron chi connectivity index (χ2n) is 5.16. The molecule has 4 rings (SSSR count). The van der Waals surface area contributed by atoms with Crippen LogP contribution in [0.3, 0.4) is 0 Å². The molecule has 0 spiro atoms. The van der Waals surface area contributed by atoms with Gasteiger partial charge >= 0.3 is 6.09 Å². The van der Waals surface area contributed by atoms with E-state index in [9.17, 15) is 4.79 Å². The van der Waals surface area contributed by atoms with Gasteiger partial charge < -0.3 is 4.74 Å². The third kappa shape index (κ3) is 2.12. The number of anilines is 1. The smallest absolute Gasteiger partial charge is 0.414 e. The summed E-state index contributed by atoms with van der Waals surface area (Å²) >= 11 is 1.57. The molecule has 0 unspecified atom stereocenters. The lowest BCUT2D eigenvalue weighted by molar-refractivity contribution is 0.181. The van der Waals surface area contributed by atoms with Crippen molar-refractivity contribution in [3.05, 3.63) is 41.5 Å². The molecule has 6 heteroatoms. The molecule has 0 aliphatic carbocycles. The fourth-order valence-electron chi connectivity index (χ4n) is 2.66. The lowest BCUT2D eigenvalue weighted by Gasteiger charge is -2.14. The Morgan fingerprint density at radius 2 is 2.23 bits per heavy atom. The molecular formula is C16H13N3O2S. The molecular weight excluding hydrogens is 298 g/mol. The zero-order chi connectivity index (χ0) is 15.1. The predicted octanol–water partition coefficient (Wildman–Crippen LogP) is 3.62. The van der Waals surface area contributed by atoms with Crippen LogP contribution in [-0.2, 0) is 4.74 Å². The Kier molecular flexibility index (Phi) is 3.04. The molecule has 22 heavy (non-hydrogen) atoms. The summed E-state index contributed by atoms with van der Waals surface area (Å²) in [6, 6.07) is 7.96. The van der Waals surface area contributed by atoms with E-state index in [1.54, 1.807) is 21.7 Å². The van der Waals surface area contributed by atoms with Gasteiger partial charge in [0, 0.05) is 17.3 Å². The van der Waals surface area contributed by atoms with Crippen LogP contribution in [-0.4, -0.2) is 29.2 Å². The monoisotopic (exact) mass is 311 g/mol.